The molecule has 2 aromatic carbocycles. The number of hydrogen-bond acceptors (Lipinski definition) is 2. The van der Waals surface area contributed by atoms with Crippen LogP contribution >= 0.6 is 27.7 Å². The Labute approximate surface area is 137 Å². The van der Waals surface area contributed by atoms with Gasteiger partial charge in [0.1, 0.15) is 0 Å². The van der Waals surface area contributed by atoms with Crippen LogP contribution in [0.1, 0.15) is 23.7 Å². The molecule has 0 aliphatic carbocycles. The van der Waals surface area contributed by atoms with E-state index in [1.165, 1.54) is 4.90 Å². The minimum atomic E-state index is 0.0598. The summed E-state index contributed by atoms with van der Waals surface area (Å²) in [6.07, 6.45) is 0.996. The molecule has 4 heteroatoms. The largest absolute Gasteiger partial charge is 0.307 e. The molecule has 0 saturated carbocycles. The molecular weight excluding hydrogens is 346 g/mol. The Balaban J connectivity index is 2.02. The highest BCUT2D eigenvalue weighted by Crippen LogP contribution is 2.38. The summed E-state index contributed by atoms with van der Waals surface area (Å²) in [6, 6.07) is 15.8. The van der Waals surface area contributed by atoms with Crippen LogP contribution in [0.15, 0.2) is 57.9 Å². The van der Waals surface area contributed by atoms with Crippen molar-refractivity contribution in [1.29, 1.82) is 0 Å². The predicted octanol–water partition coefficient (Wildman–Crippen LogP) is 4.98. The number of carbonyl (C=O) groups is 1. The summed E-state index contributed by atoms with van der Waals surface area (Å²) in [6.45, 7) is 2.97. The van der Waals surface area contributed by atoms with Gasteiger partial charge in [-0.05, 0) is 46.6 Å². The molecule has 1 heterocycles. The lowest BCUT2D eigenvalue weighted by molar-refractivity contribution is 0.0985. The van der Waals surface area contributed by atoms with Gasteiger partial charge in [-0.3, -0.25) is 4.79 Å². The first-order chi connectivity index (χ1) is 10.2. The summed E-state index contributed by atoms with van der Waals surface area (Å²) in [4.78, 5) is 16.0. The molecule has 0 saturated heterocycles. The molecule has 3 rings (SSSR count). The van der Waals surface area contributed by atoms with Gasteiger partial charge in [0, 0.05) is 21.2 Å². The highest BCUT2D eigenvalue weighted by atomic mass is 79.9. The van der Waals surface area contributed by atoms with Crippen molar-refractivity contribution in [3.05, 3.63) is 58.6 Å². The van der Waals surface area contributed by atoms with E-state index in [1.807, 2.05) is 59.1 Å². The van der Waals surface area contributed by atoms with Gasteiger partial charge >= 0.3 is 0 Å². The van der Waals surface area contributed by atoms with Gasteiger partial charge in [0.25, 0.3) is 5.91 Å². The van der Waals surface area contributed by atoms with E-state index < -0.39 is 0 Å². The van der Waals surface area contributed by atoms with Gasteiger partial charge in [-0.1, -0.05) is 31.2 Å². The SMILES string of the molecule is C[C@@H]1CCN(C(=O)c2ccccc2Br)c2ccccc2S1. The average Bonchev–Trinajstić information content (AvgIpc) is 2.65. The Morgan fingerprint density at radius 1 is 1.19 bits per heavy atom. The van der Waals surface area contributed by atoms with Crippen LogP contribution in [0.3, 0.4) is 0 Å². The molecule has 0 radical (unpaired) electrons. The fourth-order valence-electron chi connectivity index (χ4n) is 2.48. The van der Waals surface area contributed by atoms with Gasteiger partial charge in [0.15, 0.2) is 0 Å². The van der Waals surface area contributed by atoms with Crippen molar-refractivity contribution in [2.24, 2.45) is 0 Å². The van der Waals surface area contributed by atoms with E-state index in [-0.39, 0.29) is 5.91 Å². The number of carbonyl (C=O) groups excluding carboxylic acids is 1. The zero-order chi connectivity index (χ0) is 14.8. The number of amides is 1. The summed E-state index contributed by atoms with van der Waals surface area (Å²) < 4.78 is 0.845. The molecule has 0 aromatic heterocycles. The second-order valence-electron chi connectivity index (χ2n) is 5.12. The topological polar surface area (TPSA) is 20.3 Å². The Morgan fingerprint density at radius 2 is 1.90 bits per heavy atom. The van der Waals surface area contributed by atoms with Crippen LogP contribution in [-0.4, -0.2) is 17.7 Å². The quantitative estimate of drug-likeness (QED) is 0.713. The lowest BCUT2D eigenvalue weighted by Crippen LogP contribution is -2.32. The van der Waals surface area contributed by atoms with Gasteiger partial charge in [-0.15, -0.1) is 11.8 Å². The van der Waals surface area contributed by atoms with Crippen molar-refractivity contribution < 1.29 is 4.79 Å². The second kappa shape index (κ2) is 6.24. The molecule has 1 atom stereocenters. The van der Waals surface area contributed by atoms with Gasteiger partial charge in [-0.25, -0.2) is 0 Å². The van der Waals surface area contributed by atoms with Crippen LogP contribution < -0.4 is 4.90 Å². The third-order valence-corrected chi connectivity index (χ3v) is 5.52. The Morgan fingerprint density at radius 3 is 2.71 bits per heavy atom. The summed E-state index contributed by atoms with van der Waals surface area (Å²) in [5.74, 6) is 0.0598. The zero-order valence-corrected chi connectivity index (χ0v) is 14.2. The zero-order valence-electron chi connectivity index (χ0n) is 11.8. The third kappa shape index (κ3) is 3.01. The Kier molecular flexibility index (Phi) is 4.36. The minimum absolute atomic E-state index is 0.0598. The van der Waals surface area contributed by atoms with Gasteiger partial charge in [-0.2, -0.15) is 0 Å². The molecule has 108 valence electrons. The molecule has 2 aromatic rings. The van der Waals surface area contributed by atoms with Crippen molar-refractivity contribution in [3.63, 3.8) is 0 Å². The molecule has 0 spiro atoms. The molecule has 0 unspecified atom stereocenters. The van der Waals surface area contributed by atoms with E-state index in [2.05, 4.69) is 28.9 Å². The average molecular weight is 362 g/mol. The maximum absolute atomic E-state index is 12.9. The maximum atomic E-state index is 12.9. The minimum Gasteiger partial charge on any atom is -0.307 e. The highest BCUT2D eigenvalue weighted by molar-refractivity contribution is 9.10. The molecule has 21 heavy (non-hydrogen) atoms. The molecule has 0 N–H and O–H groups in total. The fourth-order valence-corrected chi connectivity index (χ4v) is 4.05. The fraction of sp³-hybridized carbons (Fsp3) is 0.235. The van der Waals surface area contributed by atoms with Crippen LogP contribution in [0.5, 0.6) is 0 Å². The number of rotatable bonds is 1. The first-order valence-corrected chi connectivity index (χ1v) is 8.66. The summed E-state index contributed by atoms with van der Waals surface area (Å²) in [5, 5.41) is 0.517. The van der Waals surface area contributed by atoms with E-state index in [1.54, 1.807) is 0 Å². The van der Waals surface area contributed by atoms with Crippen LogP contribution in [-0.2, 0) is 0 Å². The number of anilines is 1. The molecule has 2 nitrogen and oxygen atoms in total. The second-order valence-corrected chi connectivity index (χ2v) is 7.46. The lowest BCUT2D eigenvalue weighted by atomic mass is 10.1. The van der Waals surface area contributed by atoms with E-state index in [9.17, 15) is 4.79 Å². The lowest BCUT2D eigenvalue weighted by Gasteiger charge is -2.23. The highest BCUT2D eigenvalue weighted by Gasteiger charge is 2.25. The smallest absolute Gasteiger partial charge is 0.259 e. The molecule has 1 amide bonds. The Bertz CT molecular complexity index is 673. The number of para-hydroxylation sites is 1. The summed E-state index contributed by atoms with van der Waals surface area (Å²) in [7, 11) is 0. The van der Waals surface area contributed by atoms with Crippen molar-refractivity contribution in [2.45, 2.75) is 23.5 Å². The first-order valence-electron chi connectivity index (χ1n) is 6.99. The standard InChI is InChI=1S/C17H16BrNOS/c1-12-10-11-19(15-8-4-5-9-16(15)21-12)17(20)13-6-2-3-7-14(13)18/h2-9,12H,10-11H2,1H3/t12-/m1/s1. The molecule has 1 aliphatic heterocycles. The molecular formula is C17H16BrNOS. The van der Waals surface area contributed by atoms with Crippen LogP contribution in [0.2, 0.25) is 0 Å². The number of benzene rings is 2. The van der Waals surface area contributed by atoms with Gasteiger partial charge in [0.2, 0.25) is 0 Å². The number of hydrogen-bond donors (Lipinski definition) is 0. The number of thioether (sulfide) groups is 1. The summed E-state index contributed by atoms with van der Waals surface area (Å²) >= 11 is 5.33. The van der Waals surface area contributed by atoms with E-state index in [0.29, 0.717) is 10.8 Å². The van der Waals surface area contributed by atoms with Crippen molar-refractivity contribution >= 4 is 39.3 Å². The number of halogens is 1. The van der Waals surface area contributed by atoms with Gasteiger partial charge < -0.3 is 4.90 Å². The molecule has 0 fully saturated rings. The Hall–Kier alpha value is -1.26. The van der Waals surface area contributed by atoms with Crippen LogP contribution in [0.4, 0.5) is 5.69 Å². The monoisotopic (exact) mass is 361 g/mol. The van der Waals surface area contributed by atoms with E-state index in [4.69, 9.17) is 0 Å². The normalized spacial score (nSPS) is 18.0. The first kappa shape index (κ1) is 14.7. The van der Waals surface area contributed by atoms with Crippen LogP contribution in [0, 0.1) is 0 Å². The molecule has 0 bridgehead atoms. The summed E-state index contributed by atoms with van der Waals surface area (Å²) in [5.41, 5.74) is 1.74. The third-order valence-electron chi connectivity index (χ3n) is 3.59. The van der Waals surface area contributed by atoms with Crippen molar-refractivity contribution in [3.8, 4) is 0 Å². The predicted molar refractivity (Wildman–Crippen MR) is 92.2 cm³/mol. The van der Waals surface area contributed by atoms with Crippen LogP contribution in [0.25, 0.3) is 0 Å². The van der Waals surface area contributed by atoms with E-state index >= 15 is 0 Å². The van der Waals surface area contributed by atoms with Crippen molar-refractivity contribution in [1.82, 2.24) is 0 Å². The van der Waals surface area contributed by atoms with E-state index in [0.717, 1.165) is 23.1 Å². The number of fused-ring (bicyclic) bond motifs is 1. The maximum Gasteiger partial charge on any atom is 0.259 e. The number of nitrogens with zero attached hydrogens (tertiary/aromatic N) is 1. The molecule has 1 aliphatic rings. The van der Waals surface area contributed by atoms with Gasteiger partial charge in [0.05, 0.1) is 11.3 Å². The van der Waals surface area contributed by atoms with Crippen molar-refractivity contribution in [2.75, 3.05) is 11.4 Å².